The van der Waals surface area contributed by atoms with E-state index in [0.717, 1.165) is 0 Å². The van der Waals surface area contributed by atoms with Crippen molar-refractivity contribution in [1.29, 1.82) is 0 Å². The van der Waals surface area contributed by atoms with Crippen molar-refractivity contribution in [2.75, 3.05) is 5.32 Å². The number of carbonyl (C=O) groups excluding carboxylic acids is 2. The van der Waals surface area contributed by atoms with Gasteiger partial charge in [-0.25, -0.2) is 18.2 Å². The summed E-state index contributed by atoms with van der Waals surface area (Å²) >= 11 is 5.89. The molecule has 7 nitrogen and oxygen atoms in total. The zero-order chi connectivity index (χ0) is 23.6. The molecule has 3 aromatic carbocycles. The Labute approximate surface area is 195 Å². The monoisotopic (exact) mass is 480 g/mol. The summed E-state index contributed by atoms with van der Waals surface area (Å²) in [5, 5.41) is 3.12. The Kier molecular flexibility index (Phi) is 6.13. The Bertz CT molecular complexity index is 1410. The van der Waals surface area contributed by atoms with E-state index in [1.165, 1.54) is 43.3 Å². The van der Waals surface area contributed by atoms with Gasteiger partial charge in [-0.3, -0.25) is 4.79 Å². The van der Waals surface area contributed by atoms with Gasteiger partial charge in [0.2, 0.25) is 21.6 Å². The van der Waals surface area contributed by atoms with Gasteiger partial charge in [0.25, 0.3) is 0 Å². The summed E-state index contributed by atoms with van der Waals surface area (Å²) in [6.45, 7) is 1.36. The van der Waals surface area contributed by atoms with E-state index in [4.69, 9.17) is 16.3 Å². The van der Waals surface area contributed by atoms with Crippen LogP contribution >= 0.6 is 11.6 Å². The van der Waals surface area contributed by atoms with Crippen LogP contribution < -0.4 is 5.32 Å². The van der Waals surface area contributed by atoms with Crippen molar-refractivity contribution >= 4 is 51.0 Å². The highest BCUT2D eigenvalue weighted by atomic mass is 35.5. The Morgan fingerprint density at radius 1 is 1.00 bits per heavy atom. The van der Waals surface area contributed by atoms with Gasteiger partial charge >= 0.3 is 5.97 Å². The molecule has 1 N–H and O–H groups in total. The number of esters is 1. The highest BCUT2D eigenvalue weighted by Gasteiger charge is 2.26. The second-order valence-electron chi connectivity index (χ2n) is 7.09. The standard InChI is InChI=1S/C24H17ClN2O5S/c1-15(28)26-19-10-12-20(13-11-19)33(30,31)22-5-3-2-4-17(22)14-21-24(29)32-23(27-21)16-6-8-18(25)9-7-16/h2-14H,1H3,(H,26,28)/b21-14+. The average Bonchev–Trinajstić information content (AvgIpc) is 3.14. The fourth-order valence-electron chi connectivity index (χ4n) is 3.16. The maximum Gasteiger partial charge on any atom is 0.363 e. The number of amides is 1. The Balaban J connectivity index is 1.70. The second kappa shape index (κ2) is 9.01. The first-order valence-electron chi connectivity index (χ1n) is 9.74. The minimum Gasteiger partial charge on any atom is -0.402 e. The van der Waals surface area contributed by atoms with Crippen LogP contribution in [0.4, 0.5) is 5.69 Å². The number of aliphatic imine (C=N–C) groups is 1. The second-order valence-corrected chi connectivity index (χ2v) is 9.44. The van der Waals surface area contributed by atoms with Crippen molar-refractivity contribution < 1.29 is 22.7 Å². The lowest BCUT2D eigenvalue weighted by molar-refractivity contribution is -0.129. The largest absolute Gasteiger partial charge is 0.402 e. The smallest absolute Gasteiger partial charge is 0.363 e. The molecular formula is C24H17ClN2O5S. The van der Waals surface area contributed by atoms with Crippen LogP contribution in [-0.2, 0) is 24.2 Å². The topological polar surface area (TPSA) is 102 Å². The lowest BCUT2D eigenvalue weighted by Gasteiger charge is -2.09. The van der Waals surface area contributed by atoms with E-state index in [0.29, 0.717) is 16.3 Å². The third-order valence-electron chi connectivity index (χ3n) is 4.70. The molecule has 0 aromatic heterocycles. The predicted octanol–water partition coefficient (Wildman–Crippen LogP) is 4.48. The van der Waals surface area contributed by atoms with Gasteiger partial charge < -0.3 is 10.1 Å². The van der Waals surface area contributed by atoms with Crippen LogP contribution in [0.5, 0.6) is 0 Å². The van der Waals surface area contributed by atoms with Gasteiger partial charge in [0.15, 0.2) is 5.70 Å². The van der Waals surface area contributed by atoms with Gasteiger partial charge in [-0.15, -0.1) is 0 Å². The van der Waals surface area contributed by atoms with Crippen LogP contribution in [0.1, 0.15) is 18.1 Å². The summed E-state index contributed by atoms with van der Waals surface area (Å²) in [6.07, 6.45) is 1.38. The van der Waals surface area contributed by atoms with Gasteiger partial charge in [0, 0.05) is 23.2 Å². The number of anilines is 1. The van der Waals surface area contributed by atoms with E-state index in [1.54, 1.807) is 42.5 Å². The number of ether oxygens (including phenoxy) is 1. The maximum atomic E-state index is 13.3. The maximum absolute atomic E-state index is 13.3. The molecule has 0 spiro atoms. The van der Waals surface area contributed by atoms with Gasteiger partial charge in [-0.2, -0.15) is 0 Å². The van der Waals surface area contributed by atoms with E-state index in [-0.39, 0.29) is 32.9 Å². The molecule has 1 aliphatic rings. The van der Waals surface area contributed by atoms with Crippen molar-refractivity contribution in [3.63, 3.8) is 0 Å². The van der Waals surface area contributed by atoms with Crippen LogP contribution in [0.15, 0.2) is 93.3 Å². The first kappa shape index (κ1) is 22.4. The molecule has 1 aliphatic heterocycles. The summed E-state index contributed by atoms with van der Waals surface area (Å²) < 4.78 is 31.8. The molecule has 33 heavy (non-hydrogen) atoms. The molecule has 0 radical (unpaired) electrons. The fraction of sp³-hybridized carbons (Fsp3) is 0.0417. The molecule has 0 atom stereocenters. The van der Waals surface area contributed by atoms with E-state index >= 15 is 0 Å². The SMILES string of the molecule is CC(=O)Nc1ccc(S(=O)(=O)c2ccccc2/C=C2/N=C(c3ccc(Cl)cc3)OC2=O)cc1. The molecule has 166 valence electrons. The number of rotatable bonds is 5. The summed E-state index contributed by atoms with van der Waals surface area (Å²) in [5.41, 5.74) is 1.31. The van der Waals surface area contributed by atoms with E-state index in [2.05, 4.69) is 10.3 Å². The van der Waals surface area contributed by atoms with Crippen molar-refractivity contribution in [1.82, 2.24) is 0 Å². The summed E-state index contributed by atoms with van der Waals surface area (Å²) in [7, 11) is -3.92. The molecule has 4 rings (SSSR count). The van der Waals surface area contributed by atoms with Crippen molar-refractivity contribution in [3.8, 4) is 0 Å². The van der Waals surface area contributed by atoms with Crippen molar-refractivity contribution in [3.05, 3.63) is 94.6 Å². The Hall–Kier alpha value is -3.75. The lowest BCUT2D eigenvalue weighted by atomic mass is 10.2. The van der Waals surface area contributed by atoms with Gasteiger partial charge in [0.05, 0.1) is 9.79 Å². The molecule has 1 heterocycles. The first-order valence-corrected chi connectivity index (χ1v) is 11.6. The molecular weight excluding hydrogens is 464 g/mol. The third-order valence-corrected chi connectivity index (χ3v) is 6.79. The van der Waals surface area contributed by atoms with Crippen LogP contribution in [0.2, 0.25) is 5.02 Å². The van der Waals surface area contributed by atoms with E-state index < -0.39 is 15.8 Å². The van der Waals surface area contributed by atoms with Crippen molar-refractivity contribution in [2.24, 2.45) is 4.99 Å². The first-order chi connectivity index (χ1) is 15.7. The van der Waals surface area contributed by atoms with E-state index in [1.807, 2.05) is 0 Å². The predicted molar refractivity (Wildman–Crippen MR) is 125 cm³/mol. The molecule has 3 aromatic rings. The minimum absolute atomic E-state index is 0.00715. The number of carbonyl (C=O) groups is 2. The number of hydrogen-bond acceptors (Lipinski definition) is 6. The molecule has 0 bridgehead atoms. The van der Waals surface area contributed by atoms with Gasteiger partial charge in [-0.1, -0.05) is 29.8 Å². The van der Waals surface area contributed by atoms with Crippen LogP contribution in [-0.4, -0.2) is 26.2 Å². The number of hydrogen-bond donors (Lipinski definition) is 1. The highest BCUT2D eigenvalue weighted by Crippen LogP contribution is 2.28. The molecule has 0 saturated carbocycles. The Morgan fingerprint density at radius 2 is 1.67 bits per heavy atom. The van der Waals surface area contributed by atoms with Crippen molar-refractivity contribution in [2.45, 2.75) is 16.7 Å². The number of cyclic esters (lactones) is 1. The highest BCUT2D eigenvalue weighted by molar-refractivity contribution is 7.91. The average molecular weight is 481 g/mol. The number of halogens is 1. The number of benzene rings is 3. The van der Waals surface area contributed by atoms with Crippen LogP contribution in [0.3, 0.4) is 0 Å². The summed E-state index contributed by atoms with van der Waals surface area (Å²) in [4.78, 5) is 27.8. The Morgan fingerprint density at radius 3 is 2.33 bits per heavy atom. The normalized spacial score (nSPS) is 14.7. The van der Waals surface area contributed by atoms with E-state index in [9.17, 15) is 18.0 Å². The quantitative estimate of drug-likeness (QED) is 0.428. The molecule has 0 saturated heterocycles. The van der Waals surface area contributed by atoms with Crippen LogP contribution in [0.25, 0.3) is 6.08 Å². The number of sulfone groups is 1. The summed E-state index contributed by atoms with van der Waals surface area (Å²) in [5.74, 6) is -0.840. The summed E-state index contributed by atoms with van der Waals surface area (Å²) in [6, 6.07) is 18.7. The van der Waals surface area contributed by atoms with Gasteiger partial charge in [-0.05, 0) is 66.2 Å². The lowest BCUT2D eigenvalue weighted by Crippen LogP contribution is -2.07. The zero-order valence-corrected chi connectivity index (χ0v) is 18.9. The molecule has 0 aliphatic carbocycles. The van der Waals surface area contributed by atoms with Crippen LogP contribution in [0, 0.1) is 0 Å². The third kappa shape index (κ3) is 4.87. The van der Waals surface area contributed by atoms with Gasteiger partial charge in [0.1, 0.15) is 0 Å². The number of nitrogens with zero attached hydrogens (tertiary/aromatic N) is 1. The fourth-order valence-corrected chi connectivity index (χ4v) is 4.73. The molecule has 9 heteroatoms. The molecule has 0 unspecified atom stereocenters. The molecule has 0 fully saturated rings. The zero-order valence-electron chi connectivity index (χ0n) is 17.3. The number of nitrogens with one attached hydrogen (secondary N) is 1. The minimum atomic E-state index is -3.92. The molecule has 1 amide bonds.